The summed E-state index contributed by atoms with van der Waals surface area (Å²) in [5, 5.41) is 2.87. The van der Waals surface area contributed by atoms with Gasteiger partial charge in [-0.3, -0.25) is 4.79 Å². The normalized spacial score (nSPS) is 17.9. The van der Waals surface area contributed by atoms with E-state index in [4.69, 9.17) is 27.4 Å². The van der Waals surface area contributed by atoms with E-state index in [9.17, 15) is 4.79 Å². The van der Waals surface area contributed by atoms with Crippen LogP contribution in [0.5, 0.6) is 11.5 Å². The van der Waals surface area contributed by atoms with Gasteiger partial charge >= 0.3 is 0 Å². The number of nitrogens with one attached hydrogen (secondary N) is 1. The lowest BCUT2D eigenvalue weighted by Gasteiger charge is -2.13. The van der Waals surface area contributed by atoms with Crippen molar-refractivity contribution in [3.05, 3.63) is 23.8 Å². The van der Waals surface area contributed by atoms with Crippen LogP contribution in [0.4, 0.5) is 0 Å². The minimum Gasteiger partial charge on any atom is -0.454 e. The molecule has 2 aliphatic rings. The van der Waals surface area contributed by atoms with Crippen molar-refractivity contribution in [3.8, 4) is 11.5 Å². The summed E-state index contributed by atoms with van der Waals surface area (Å²) in [6.07, 6.45) is 1.49. The van der Waals surface area contributed by atoms with Crippen LogP contribution < -0.4 is 20.5 Å². The summed E-state index contributed by atoms with van der Waals surface area (Å²) in [7, 11) is 0. The van der Waals surface area contributed by atoms with E-state index >= 15 is 0 Å². The fourth-order valence-corrected chi connectivity index (χ4v) is 2.41. The standard InChI is InChI=1S/C13H14N2O3S/c14-11(19)13(3-4-13)12(16)15-6-8-1-2-9-10(5-8)18-7-17-9/h1-2,5H,3-4,6-7H2,(H2,14,19)(H,15,16). The van der Waals surface area contributed by atoms with Crippen molar-refractivity contribution in [2.24, 2.45) is 11.1 Å². The maximum atomic E-state index is 12.0. The van der Waals surface area contributed by atoms with Crippen LogP contribution in [0.2, 0.25) is 0 Å². The molecule has 100 valence electrons. The first-order chi connectivity index (χ1) is 9.12. The second-order valence-corrected chi connectivity index (χ2v) is 5.26. The van der Waals surface area contributed by atoms with Crippen molar-refractivity contribution in [1.29, 1.82) is 0 Å². The van der Waals surface area contributed by atoms with Gasteiger partial charge in [-0.05, 0) is 30.5 Å². The second-order valence-electron chi connectivity index (χ2n) is 4.82. The van der Waals surface area contributed by atoms with Crippen molar-refractivity contribution in [1.82, 2.24) is 5.32 Å². The molecule has 1 aliphatic carbocycles. The molecular weight excluding hydrogens is 264 g/mol. The predicted octanol–water partition coefficient (Wildman–Crippen LogP) is 1.10. The summed E-state index contributed by atoms with van der Waals surface area (Å²) < 4.78 is 10.5. The van der Waals surface area contributed by atoms with Gasteiger partial charge in [-0.1, -0.05) is 18.3 Å². The SMILES string of the molecule is NC(=S)C1(C(=O)NCc2ccc3c(c2)OCO3)CC1. The third kappa shape index (κ3) is 2.12. The minimum atomic E-state index is -0.605. The van der Waals surface area contributed by atoms with Crippen LogP contribution in [0.1, 0.15) is 18.4 Å². The van der Waals surface area contributed by atoms with Gasteiger partial charge in [0.15, 0.2) is 11.5 Å². The number of carbonyl (C=O) groups excluding carboxylic acids is 1. The van der Waals surface area contributed by atoms with Crippen molar-refractivity contribution in [3.63, 3.8) is 0 Å². The van der Waals surface area contributed by atoms with Gasteiger partial charge in [0, 0.05) is 6.54 Å². The molecule has 1 aromatic carbocycles. The smallest absolute Gasteiger partial charge is 0.233 e. The van der Waals surface area contributed by atoms with Gasteiger partial charge in [-0.2, -0.15) is 0 Å². The molecule has 0 radical (unpaired) electrons. The fourth-order valence-electron chi connectivity index (χ4n) is 2.11. The molecule has 0 spiro atoms. The Hall–Kier alpha value is -1.82. The largest absolute Gasteiger partial charge is 0.454 e. The van der Waals surface area contributed by atoms with E-state index in [-0.39, 0.29) is 17.7 Å². The molecule has 0 saturated heterocycles. The highest BCUT2D eigenvalue weighted by Crippen LogP contribution is 2.46. The van der Waals surface area contributed by atoms with Gasteiger partial charge in [0.1, 0.15) is 0 Å². The van der Waals surface area contributed by atoms with Gasteiger partial charge < -0.3 is 20.5 Å². The molecule has 19 heavy (non-hydrogen) atoms. The van der Waals surface area contributed by atoms with Crippen molar-refractivity contribution < 1.29 is 14.3 Å². The summed E-state index contributed by atoms with van der Waals surface area (Å²) >= 11 is 4.95. The van der Waals surface area contributed by atoms with Crippen LogP contribution in [0, 0.1) is 5.41 Å². The fraction of sp³-hybridized carbons (Fsp3) is 0.385. The lowest BCUT2D eigenvalue weighted by Crippen LogP contribution is -2.39. The number of ether oxygens (including phenoxy) is 2. The van der Waals surface area contributed by atoms with Crippen LogP contribution in [-0.2, 0) is 11.3 Å². The number of thiocarbonyl (C=S) groups is 1. The number of amides is 1. The predicted molar refractivity (Wildman–Crippen MR) is 72.9 cm³/mol. The highest BCUT2D eigenvalue weighted by atomic mass is 32.1. The van der Waals surface area contributed by atoms with E-state index in [0.717, 1.165) is 24.2 Å². The molecule has 3 N–H and O–H groups in total. The lowest BCUT2D eigenvalue weighted by atomic mass is 10.1. The van der Waals surface area contributed by atoms with E-state index in [0.29, 0.717) is 12.3 Å². The van der Waals surface area contributed by atoms with Gasteiger partial charge in [-0.15, -0.1) is 0 Å². The van der Waals surface area contributed by atoms with Gasteiger partial charge in [0.25, 0.3) is 0 Å². The van der Waals surface area contributed by atoms with Crippen molar-refractivity contribution in [2.45, 2.75) is 19.4 Å². The number of hydrogen-bond acceptors (Lipinski definition) is 4. The molecule has 1 aromatic rings. The molecule has 0 aromatic heterocycles. The number of benzene rings is 1. The Labute approximate surface area is 116 Å². The Bertz CT molecular complexity index is 555. The van der Waals surface area contributed by atoms with Crippen LogP contribution in [0.15, 0.2) is 18.2 Å². The molecule has 0 bridgehead atoms. The zero-order valence-electron chi connectivity index (χ0n) is 10.3. The molecule has 5 nitrogen and oxygen atoms in total. The average Bonchev–Trinajstić information content (AvgIpc) is 3.09. The van der Waals surface area contributed by atoms with Gasteiger partial charge in [-0.25, -0.2) is 0 Å². The van der Waals surface area contributed by atoms with E-state index in [2.05, 4.69) is 5.32 Å². The third-order valence-corrected chi connectivity index (χ3v) is 3.94. The summed E-state index contributed by atoms with van der Waals surface area (Å²) in [6, 6.07) is 5.60. The van der Waals surface area contributed by atoms with Crippen LogP contribution >= 0.6 is 12.2 Å². The van der Waals surface area contributed by atoms with E-state index < -0.39 is 5.41 Å². The summed E-state index contributed by atoms with van der Waals surface area (Å²) in [6.45, 7) is 0.676. The number of rotatable bonds is 4. The highest BCUT2D eigenvalue weighted by molar-refractivity contribution is 7.80. The molecule has 1 amide bonds. The molecule has 3 rings (SSSR count). The molecule has 0 unspecified atom stereocenters. The number of hydrogen-bond donors (Lipinski definition) is 2. The Morgan fingerprint density at radius 1 is 1.37 bits per heavy atom. The van der Waals surface area contributed by atoms with Crippen molar-refractivity contribution >= 4 is 23.1 Å². The minimum absolute atomic E-state index is 0.0855. The first-order valence-electron chi connectivity index (χ1n) is 6.08. The Morgan fingerprint density at radius 2 is 2.11 bits per heavy atom. The van der Waals surface area contributed by atoms with Crippen LogP contribution in [0.3, 0.4) is 0 Å². The number of fused-ring (bicyclic) bond motifs is 1. The van der Waals surface area contributed by atoms with Crippen molar-refractivity contribution in [2.75, 3.05) is 6.79 Å². The van der Waals surface area contributed by atoms with Crippen LogP contribution in [0.25, 0.3) is 0 Å². The Morgan fingerprint density at radius 3 is 2.79 bits per heavy atom. The monoisotopic (exact) mass is 278 g/mol. The molecule has 0 atom stereocenters. The Kier molecular flexibility index (Phi) is 2.82. The van der Waals surface area contributed by atoms with E-state index in [1.54, 1.807) is 0 Å². The van der Waals surface area contributed by atoms with Gasteiger partial charge in [0.2, 0.25) is 12.7 Å². The topological polar surface area (TPSA) is 73.6 Å². The summed E-state index contributed by atoms with van der Waals surface area (Å²) in [4.78, 5) is 12.3. The quantitative estimate of drug-likeness (QED) is 0.807. The Balaban J connectivity index is 1.64. The third-order valence-electron chi connectivity index (χ3n) is 3.55. The first kappa shape index (κ1) is 12.2. The first-order valence-corrected chi connectivity index (χ1v) is 6.49. The maximum absolute atomic E-state index is 12.0. The molecule has 6 heteroatoms. The van der Waals surface area contributed by atoms with Crippen LogP contribution in [-0.4, -0.2) is 17.7 Å². The number of carbonyl (C=O) groups is 1. The zero-order chi connectivity index (χ0) is 13.5. The zero-order valence-corrected chi connectivity index (χ0v) is 11.1. The molecule has 1 heterocycles. The van der Waals surface area contributed by atoms with E-state index in [1.165, 1.54) is 0 Å². The molecule has 1 saturated carbocycles. The lowest BCUT2D eigenvalue weighted by molar-refractivity contribution is -0.124. The molecule has 1 aliphatic heterocycles. The molecular formula is C13H14N2O3S. The number of nitrogens with two attached hydrogens (primary N) is 1. The van der Waals surface area contributed by atoms with E-state index in [1.807, 2.05) is 18.2 Å². The second kappa shape index (κ2) is 4.38. The summed E-state index contributed by atoms with van der Waals surface area (Å²) in [5.41, 5.74) is 5.96. The maximum Gasteiger partial charge on any atom is 0.233 e. The van der Waals surface area contributed by atoms with Gasteiger partial charge in [0.05, 0.1) is 10.4 Å². The molecule has 1 fully saturated rings. The average molecular weight is 278 g/mol. The highest BCUT2D eigenvalue weighted by Gasteiger charge is 2.52. The summed E-state index contributed by atoms with van der Waals surface area (Å²) in [5.74, 6) is 1.36.